The number of nitrogen functional groups attached to an aromatic ring is 1. The van der Waals surface area contributed by atoms with Crippen LogP contribution in [0.5, 0.6) is 5.75 Å². The fourth-order valence-corrected chi connectivity index (χ4v) is 0.956. The van der Waals surface area contributed by atoms with Gasteiger partial charge in [0.2, 0.25) is 0 Å². The quantitative estimate of drug-likeness (QED) is 0.821. The number of alkyl halides is 5. The number of hydrogen-bond acceptors (Lipinski definition) is 4. The number of nitriles is 1. The summed E-state index contributed by atoms with van der Waals surface area (Å²) in [5.41, 5.74) is 2.61. The molecule has 9 heteroatoms. The topological polar surface area (TPSA) is 71.9 Å². The molecule has 0 amide bonds. The largest absolute Gasteiger partial charge is 0.573 e. The normalized spacial score (nSPS) is 11.4. The Morgan fingerprint density at radius 2 is 2.00 bits per heavy atom. The Balaban J connectivity index is 3.29. The van der Waals surface area contributed by atoms with E-state index in [-0.39, 0.29) is 0 Å². The zero-order valence-corrected chi connectivity index (χ0v) is 7.92. The SMILES string of the molecule is N#Cc1nc(C(F)F)cc(OC(F)(F)F)c1N. The second kappa shape index (κ2) is 4.40. The van der Waals surface area contributed by atoms with E-state index in [1.165, 1.54) is 6.07 Å². The van der Waals surface area contributed by atoms with Crippen molar-refractivity contribution in [3.05, 3.63) is 17.5 Å². The lowest BCUT2D eigenvalue weighted by Gasteiger charge is -2.12. The molecule has 0 aliphatic rings. The van der Waals surface area contributed by atoms with Crippen molar-refractivity contribution < 1.29 is 26.7 Å². The lowest BCUT2D eigenvalue weighted by molar-refractivity contribution is -0.274. The van der Waals surface area contributed by atoms with E-state index in [0.29, 0.717) is 6.07 Å². The van der Waals surface area contributed by atoms with Crippen LogP contribution in [0.25, 0.3) is 0 Å². The van der Waals surface area contributed by atoms with Crippen molar-refractivity contribution in [2.75, 3.05) is 5.73 Å². The van der Waals surface area contributed by atoms with Gasteiger partial charge in [-0.25, -0.2) is 13.8 Å². The maximum Gasteiger partial charge on any atom is 0.573 e. The first-order valence-corrected chi connectivity index (χ1v) is 3.99. The second-order valence-corrected chi connectivity index (χ2v) is 2.77. The van der Waals surface area contributed by atoms with Gasteiger partial charge in [-0.15, -0.1) is 13.2 Å². The Morgan fingerprint density at radius 1 is 1.41 bits per heavy atom. The molecule has 0 saturated carbocycles. The van der Waals surface area contributed by atoms with E-state index in [1.54, 1.807) is 0 Å². The van der Waals surface area contributed by atoms with E-state index < -0.39 is 35.6 Å². The molecule has 17 heavy (non-hydrogen) atoms. The molecule has 0 spiro atoms. The van der Waals surface area contributed by atoms with Crippen LogP contribution in [0, 0.1) is 11.3 Å². The summed E-state index contributed by atoms with van der Waals surface area (Å²) in [6, 6.07) is 1.64. The molecule has 0 aliphatic heterocycles. The van der Waals surface area contributed by atoms with Gasteiger partial charge in [-0.2, -0.15) is 5.26 Å². The molecule has 1 rings (SSSR count). The van der Waals surface area contributed by atoms with Crippen LogP contribution in [0.15, 0.2) is 6.07 Å². The van der Waals surface area contributed by atoms with Gasteiger partial charge >= 0.3 is 6.36 Å². The summed E-state index contributed by atoms with van der Waals surface area (Å²) in [5, 5.41) is 8.47. The first-order valence-electron chi connectivity index (χ1n) is 3.99. The first kappa shape index (κ1) is 13.0. The number of nitrogens with zero attached hydrogens (tertiary/aromatic N) is 2. The number of nitrogens with two attached hydrogens (primary N) is 1. The van der Waals surface area contributed by atoms with E-state index in [1.807, 2.05) is 0 Å². The van der Waals surface area contributed by atoms with Crippen molar-refractivity contribution in [1.82, 2.24) is 4.98 Å². The van der Waals surface area contributed by atoms with Crippen LogP contribution in [-0.2, 0) is 0 Å². The lowest BCUT2D eigenvalue weighted by atomic mass is 10.2. The Hall–Kier alpha value is -2.11. The van der Waals surface area contributed by atoms with Crippen molar-refractivity contribution in [3.63, 3.8) is 0 Å². The van der Waals surface area contributed by atoms with Gasteiger partial charge in [-0.1, -0.05) is 0 Å². The van der Waals surface area contributed by atoms with Crippen LogP contribution >= 0.6 is 0 Å². The van der Waals surface area contributed by atoms with Gasteiger partial charge in [0.15, 0.2) is 11.4 Å². The summed E-state index contributed by atoms with van der Waals surface area (Å²) < 4.78 is 63.7. The smallest absolute Gasteiger partial charge is 0.403 e. The Kier molecular flexibility index (Phi) is 3.36. The molecule has 92 valence electrons. The molecule has 0 radical (unpaired) electrons. The molecule has 0 fully saturated rings. The van der Waals surface area contributed by atoms with Gasteiger partial charge in [0.1, 0.15) is 17.5 Å². The molecular formula is C8H4F5N3O. The van der Waals surface area contributed by atoms with Crippen LogP contribution in [0.3, 0.4) is 0 Å². The molecule has 0 saturated heterocycles. The van der Waals surface area contributed by atoms with Crippen molar-refractivity contribution in [2.24, 2.45) is 0 Å². The van der Waals surface area contributed by atoms with Crippen molar-refractivity contribution >= 4 is 5.69 Å². The van der Waals surface area contributed by atoms with Gasteiger partial charge in [-0.05, 0) is 0 Å². The molecular weight excluding hydrogens is 249 g/mol. The van der Waals surface area contributed by atoms with E-state index in [2.05, 4.69) is 9.72 Å². The molecule has 0 atom stereocenters. The molecule has 1 heterocycles. The van der Waals surface area contributed by atoms with Crippen molar-refractivity contribution in [3.8, 4) is 11.8 Å². The summed E-state index contributed by atoms with van der Waals surface area (Å²) in [5.74, 6) is -1.07. The third-order valence-corrected chi connectivity index (χ3v) is 1.60. The minimum atomic E-state index is -5.10. The minimum absolute atomic E-state index is 0.342. The molecule has 1 aromatic rings. The fourth-order valence-electron chi connectivity index (χ4n) is 0.956. The summed E-state index contributed by atoms with van der Waals surface area (Å²) in [6.45, 7) is 0. The van der Waals surface area contributed by atoms with Crippen LogP contribution < -0.4 is 10.5 Å². The number of aromatic nitrogens is 1. The second-order valence-electron chi connectivity index (χ2n) is 2.77. The number of anilines is 1. The van der Waals surface area contributed by atoms with Gasteiger partial charge in [0, 0.05) is 6.07 Å². The highest BCUT2D eigenvalue weighted by molar-refractivity contribution is 5.61. The van der Waals surface area contributed by atoms with Gasteiger partial charge < -0.3 is 10.5 Å². The average Bonchev–Trinajstić information content (AvgIpc) is 2.18. The fraction of sp³-hybridized carbons (Fsp3) is 0.250. The monoisotopic (exact) mass is 253 g/mol. The third-order valence-electron chi connectivity index (χ3n) is 1.60. The van der Waals surface area contributed by atoms with Crippen molar-refractivity contribution in [1.29, 1.82) is 5.26 Å². The number of halogens is 5. The Morgan fingerprint density at radius 3 is 2.41 bits per heavy atom. The number of pyridine rings is 1. The van der Waals surface area contributed by atoms with Crippen LogP contribution in [0.4, 0.5) is 27.6 Å². The summed E-state index contributed by atoms with van der Waals surface area (Å²) >= 11 is 0. The molecule has 1 aromatic heterocycles. The number of rotatable bonds is 2. The summed E-state index contributed by atoms with van der Waals surface area (Å²) in [4.78, 5) is 3.10. The predicted octanol–water partition coefficient (Wildman–Crippen LogP) is 2.37. The lowest BCUT2D eigenvalue weighted by Crippen LogP contribution is -2.19. The molecule has 0 bridgehead atoms. The molecule has 4 nitrogen and oxygen atoms in total. The Bertz CT molecular complexity index is 465. The van der Waals surface area contributed by atoms with E-state index in [4.69, 9.17) is 11.0 Å². The molecule has 2 N–H and O–H groups in total. The number of hydrogen-bond donors (Lipinski definition) is 1. The van der Waals surface area contributed by atoms with Gasteiger partial charge in [-0.3, -0.25) is 0 Å². The van der Waals surface area contributed by atoms with Gasteiger partial charge in [0.25, 0.3) is 6.43 Å². The highest BCUT2D eigenvalue weighted by Gasteiger charge is 2.33. The van der Waals surface area contributed by atoms with E-state index in [9.17, 15) is 22.0 Å². The maximum absolute atomic E-state index is 12.3. The number of ether oxygens (including phenoxy) is 1. The first-order chi connectivity index (χ1) is 7.74. The predicted molar refractivity (Wildman–Crippen MR) is 45.0 cm³/mol. The van der Waals surface area contributed by atoms with Crippen LogP contribution in [0.1, 0.15) is 17.8 Å². The van der Waals surface area contributed by atoms with Crippen LogP contribution in [0.2, 0.25) is 0 Å². The summed E-state index contributed by atoms with van der Waals surface area (Å²) in [6.07, 6.45) is -8.24. The zero-order valence-electron chi connectivity index (χ0n) is 7.92. The van der Waals surface area contributed by atoms with Gasteiger partial charge in [0.05, 0.1) is 0 Å². The third kappa shape index (κ3) is 3.17. The Labute approximate surface area is 91.4 Å². The highest BCUT2D eigenvalue weighted by Crippen LogP contribution is 2.32. The van der Waals surface area contributed by atoms with Crippen molar-refractivity contribution in [2.45, 2.75) is 12.8 Å². The molecule has 0 unspecified atom stereocenters. The van der Waals surface area contributed by atoms with Crippen LogP contribution in [-0.4, -0.2) is 11.3 Å². The highest BCUT2D eigenvalue weighted by atomic mass is 19.4. The summed E-state index contributed by atoms with van der Waals surface area (Å²) in [7, 11) is 0. The molecule has 0 aliphatic carbocycles. The maximum atomic E-state index is 12.3. The van der Waals surface area contributed by atoms with E-state index >= 15 is 0 Å². The average molecular weight is 253 g/mol. The zero-order chi connectivity index (χ0) is 13.2. The van der Waals surface area contributed by atoms with E-state index in [0.717, 1.165) is 0 Å². The molecule has 0 aromatic carbocycles. The standard InChI is InChI=1S/C8H4F5N3O/c9-7(10)3-1-5(17-8(11,12)13)6(15)4(2-14)16-3/h1,7H,15H2. The minimum Gasteiger partial charge on any atom is -0.403 e.